The van der Waals surface area contributed by atoms with Gasteiger partial charge in [0.25, 0.3) is 0 Å². The van der Waals surface area contributed by atoms with E-state index in [0.717, 1.165) is 6.54 Å². The third kappa shape index (κ3) is 3.34. The number of aromatic nitrogens is 2. The van der Waals surface area contributed by atoms with E-state index in [2.05, 4.69) is 44.3 Å². The number of rotatable bonds is 6. The molecule has 0 radical (unpaired) electrons. The van der Waals surface area contributed by atoms with Gasteiger partial charge in [0.2, 0.25) is 0 Å². The summed E-state index contributed by atoms with van der Waals surface area (Å²) in [4.78, 5) is 0. The summed E-state index contributed by atoms with van der Waals surface area (Å²) in [7, 11) is 1.97. The maximum Gasteiger partial charge on any atom is 0.0537 e. The highest BCUT2D eigenvalue weighted by molar-refractivity contribution is 5.11. The zero-order valence-electron chi connectivity index (χ0n) is 11.2. The molecule has 0 amide bonds. The molecule has 0 aliphatic rings. The maximum absolute atomic E-state index is 4.26. The van der Waals surface area contributed by atoms with Gasteiger partial charge in [-0.15, -0.1) is 0 Å². The van der Waals surface area contributed by atoms with Crippen molar-refractivity contribution < 1.29 is 0 Å². The molecule has 0 fully saturated rings. The van der Waals surface area contributed by atoms with Crippen molar-refractivity contribution in [3.8, 4) is 0 Å². The van der Waals surface area contributed by atoms with Crippen molar-refractivity contribution in [2.75, 3.05) is 6.54 Å². The van der Waals surface area contributed by atoms with Crippen molar-refractivity contribution in [1.82, 2.24) is 15.1 Å². The fraction of sp³-hybridized carbons (Fsp3) is 0.769. The maximum atomic E-state index is 4.26. The molecule has 1 aromatic rings. The molecule has 0 spiro atoms. The van der Waals surface area contributed by atoms with E-state index in [4.69, 9.17) is 0 Å². The van der Waals surface area contributed by atoms with Crippen LogP contribution in [0.2, 0.25) is 0 Å². The Balaban J connectivity index is 2.78. The third-order valence-corrected chi connectivity index (χ3v) is 3.28. The Bertz CT molecular complexity index is 304. The van der Waals surface area contributed by atoms with E-state index in [1.807, 2.05) is 17.9 Å². The lowest BCUT2D eigenvalue weighted by atomic mass is 9.87. The third-order valence-electron chi connectivity index (χ3n) is 3.28. The van der Waals surface area contributed by atoms with Crippen LogP contribution in [0.25, 0.3) is 0 Å². The van der Waals surface area contributed by atoms with Crippen molar-refractivity contribution in [1.29, 1.82) is 0 Å². The molecule has 0 bridgehead atoms. The van der Waals surface area contributed by atoms with Gasteiger partial charge in [0.1, 0.15) is 0 Å². The molecule has 1 N–H and O–H groups in total. The van der Waals surface area contributed by atoms with E-state index >= 15 is 0 Å². The number of hydrogen-bond donors (Lipinski definition) is 1. The second kappa shape index (κ2) is 6.04. The van der Waals surface area contributed by atoms with Gasteiger partial charge < -0.3 is 5.32 Å². The SMILES string of the molecule is CCCNC(c1cnn(C)c1)C(C)C(C)C. The molecule has 92 valence electrons. The normalized spacial score (nSPS) is 15.4. The van der Waals surface area contributed by atoms with E-state index in [1.165, 1.54) is 12.0 Å². The summed E-state index contributed by atoms with van der Waals surface area (Å²) < 4.78 is 1.88. The van der Waals surface area contributed by atoms with Crippen LogP contribution in [0.5, 0.6) is 0 Å². The van der Waals surface area contributed by atoms with Gasteiger partial charge >= 0.3 is 0 Å². The zero-order chi connectivity index (χ0) is 12.1. The molecule has 16 heavy (non-hydrogen) atoms. The summed E-state index contributed by atoms with van der Waals surface area (Å²) in [6, 6.07) is 0.425. The minimum atomic E-state index is 0.425. The first-order valence-electron chi connectivity index (χ1n) is 6.28. The second-order valence-electron chi connectivity index (χ2n) is 4.98. The minimum Gasteiger partial charge on any atom is -0.310 e. The van der Waals surface area contributed by atoms with Crippen molar-refractivity contribution in [3.05, 3.63) is 18.0 Å². The molecule has 1 aromatic heterocycles. The lowest BCUT2D eigenvalue weighted by Gasteiger charge is -2.27. The van der Waals surface area contributed by atoms with Crippen LogP contribution in [-0.2, 0) is 7.05 Å². The standard InChI is InChI=1S/C13H25N3/c1-6-7-14-13(11(4)10(2)3)12-8-15-16(5)9-12/h8-11,13-14H,6-7H2,1-5H3. The van der Waals surface area contributed by atoms with Gasteiger partial charge in [-0.3, -0.25) is 4.68 Å². The summed E-state index contributed by atoms with van der Waals surface area (Å²) in [5, 5.41) is 7.89. The lowest BCUT2D eigenvalue weighted by molar-refractivity contribution is 0.303. The number of nitrogens with one attached hydrogen (secondary N) is 1. The molecule has 0 aliphatic carbocycles. The molecule has 2 atom stereocenters. The highest BCUT2D eigenvalue weighted by atomic mass is 15.2. The highest BCUT2D eigenvalue weighted by Gasteiger charge is 2.22. The van der Waals surface area contributed by atoms with Crippen LogP contribution in [0, 0.1) is 11.8 Å². The monoisotopic (exact) mass is 223 g/mol. The molecular formula is C13H25N3. The van der Waals surface area contributed by atoms with Crippen LogP contribution < -0.4 is 5.32 Å². The van der Waals surface area contributed by atoms with Gasteiger partial charge in [0, 0.05) is 24.8 Å². The van der Waals surface area contributed by atoms with Crippen LogP contribution in [-0.4, -0.2) is 16.3 Å². The summed E-state index contributed by atoms with van der Waals surface area (Å²) in [5.74, 6) is 1.30. The molecule has 1 rings (SSSR count). The van der Waals surface area contributed by atoms with Crippen molar-refractivity contribution in [2.24, 2.45) is 18.9 Å². The Morgan fingerprint density at radius 3 is 2.50 bits per heavy atom. The molecule has 3 nitrogen and oxygen atoms in total. The Hall–Kier alpha value is -0.830. The molecule has 1 heterocycles. The van der Waals surface area contributed by atoms with Crippen LogP contribution in [0.4, 0.5) is 0 Å². The molecule has 0 aromatic carbocycles. The van der Waals surface area contributed by atoms with Crippen molar-refractivity contribution >= 4 is 0 Å². The quantitative estimate of drug-likeness (QED) is 0.803. The number of hydrogen-bond acceptors (Lipinski definition) is 2. The van der Waals surface area contributed by atoms with Crippen molar-refractivity contribution in [3.63, 3.8) is 0 Å². The zero-order valence-corrected chi connectivity index (χ0v) is 11.2. The smallest absolute Gasteiger partial charge is 0.0537 e. The Labute approximate surface area is 99.2 Å². The van der Waals surface area contributed by atoms with Gasteiger partial charge in [-0.1, -0.05) is 27.7 Å². The summed E-state index contributed by atoms with van der Waals surface area (Å²) in [5.41, 5.74) is 1.30. The average molecular weight is 223 g/mol. The van der Waals surface area contributed by atoms with Gasteiger partial charge in [-0.2, -0.15) is 5.10 Å². The highest BCUT2D eigenvalue weighted by Crippen LogP contribution is 2.27. The predicted molar refractivity (Wildman–Crippen MR) is 68.2 cm³/mol. The first-order valence-corrected chi connectivity index (χ1v) is 6.28. The molecule has 2 unspecified atom stereocenters. The van der Waals surface area contributed by atoms with Crippen molar-refractivity contribution in [2.45, 2.75) is 40.2 Å². The molecule has 0 saturated heterocycles. The van der Waals surface area contributed by atoms with Gasteiger partial charge in [-0.25, -0.2) is 0 Å². The van der Waals surface area contributed by atoms with Gasteiger partial charge in [-0.05, 0) is 24.8 Å². The van der Waals surface area contributed by atoms with E-state index in [1.54, 1.807) is 0 Å². The topological polar surface area (TPSA) is 29.9 Å². The van der Waals surface area contributed by atoms with Crippen LogP contribution in [0.3, 0.4) is 0 Å². The summed E-state index contributed by atoms with van der Waals surface area (Å²) in [6.07, 6.45) is 5.26. The van der Waals surface area contributed by atoms with Gasteiger partial charge in [0.15, 0.2) is 0 Å². The fourth-order valence-electron chi connectivity index (χ4n) is 1.89. The van der Waals surface area contributed by atoms with Crippen LogP contribution in [0.1, 0.15) is 45.7 Å². The second-order valence-corrected chi connectivity index (χ2v) is 4.98. The minimum absolute atomic E-state index is 0.425. The van der Waals surface area contributed by atoms with E-state index in [0.29, 0.717) is 17.9 Å². The first-order chi connectivity index (χ1) is 7.56. The molecule has 0 saturated carbocycles. The summed E-state index contributed by atoms with van der Waals surface area (Å²) >= 11 is 0. The largest absolute Gasteiger partial charge is 0.310 e. The summed E-state index contributed by atoms with van der Waals surface area (Å²) in [6.45, 7) is 10.1. The Morgan fingerprint density at radius 2 is 2.06 bits per heavy atom. The first kappa shape index (κ1) is 13.2. The molecule has 0 aliphatic heterocycles. The van der Waals surface area contributed by atoms with Crippen LogP contribution in [0.15, 0.2) is 12.4 Å². The average Bonchev–Trinajstić information content (AvgIpc) is 2.65. The number of aryl methyl sites for hydroxylation is 1. The molecular weight excluding hydrogens is 198 g/mol. The van der Waals surface area contributed by atoms with Crippen LogP contribution >= 0.6 is 0 Å². The van der Waals surface area contributed by atoms with E-state index < -0.39 is 0 Å². The predicted octanol–water partition coefficient (Wildman–Crippen LogP) is 2.75. The molecule has 3 heteroatoms. The Kier molecular flexibility index (Phi) is 5.00. The number of nitrogens with zero attached hydrogens (tertiary/aromatic N) is 2. The lowest BCUT2D eigenvalue weighted by Crippen LogP contribution is -2.30. The van der Waals surface area contributed by atoms with Gasteiger partial charge in [0.05, 0.1) is 6.20 Å². The Morgan fingerprint density at radius 1 is 1.38 bits per heavy atom. The fourth-order valence-corrected chi connectivity index (χ4v) is 1.89. The van der Waals surface area contributed by atoms with E-state index in [9.17, 15) is 0 Å². The van der Waals surface area contributed by atoms with E-state index in [-0.39, 0.29) is 0 Å².